The summed E-state index contributed by atoms with van der Waals surface area (Å²) in [6, 6.07) is 18.3. The molecule has 1 amide bonds. The summed E-state index contributed by atoms with van der Waals surface area (Å²) >= 11 is 12.0. The minimum atomic E-state index is -3.69. The van der Waals surface area contributed by atoms with Gasteiger partial charge in [0.15, 0.2) is 6.10 Å². The van der Waals surface area contributed by atoms with E-state index in [-0.39, 0.29) is 4.90 Å². The smallest absolute Gasteiger partial charge is 0.265 e. The Morgan fingerprint density at radius 2 is 1.78 bits per heavy atom. The van der Waals surface area contributed by atoms with Crippen molar-refractivity contribution in [1.29, 1.82) is 0 Å². The van der Waals surface area contributed by atoms with Crippen LogP contribution in [-0.2, 0) is 21.2 Å². The van der Waals surface area contributed by atoms with E-state index in [1.165, 1.54) is 22.5 Å². The van der Waals surface area contributed by atoms with Crippen molar-refractivity contribution in [3.63, 3.8) is 0 Å². The quantitative estimate of drug-likeness (QED) is 0.518. The highest BCUT2D eigenvalue weighted by Crippen LogP contribution is 2.33. The molecule has 32 heavy (non-hydrogen) atoms. The van der Waals surface area contributed by atoms with Crippen molar-refractivity contribution in [2.24, 2.45) is 0 Å². The van der Waals surface area contributed by atoms with Crippen LogP contribution in [0, 0.1) is 0 Å². The van der Waals surface area contributed by atoms with Crippen molar-refractivity contribution in [2.45, 2.75) is 24.3 Å². The molecule has 1 atom stereocenters. The Bertz CT molecular complexity index is 1260. The van der Waals surface area contributed by atoms with E-state index in [2.05, 4.69) is 5.32 Å². The van der Waals surface area contributed by atoms with E-state index in [0.717, 1.165) is 5.56 Å². The van der Waals surface area contributed by atoms with Crippen LogP contribution < -0.4 is 14.4 Å². The number of carbonyl (C=O) groups is 1. The first-order valence-corrected chi connectivity index (χ1v) is 12.1. The van der Waals surface area contributed by atoms with Gasteiger partial charge in [-0.05, 0) is 67.4 Å². The molecule has 9 heteroatoms. The average molecular weight is 491 g/mol. The fourth-order valence-electron chi connectivity index (χ4n) is 3.45. The van der Waals surface area contributed by atoms with Gasteiger partial charge in [-0.25, -0.2) is 8.42 Å². The van der Waals surface area contributed by atoms with Gasteiger partial charge in [0.05, 0.1) is 15.6 Å². The van der Waals surface area contributed by atoms with Gasteiger partial charge >= 0.3 is 0 Å². The van der Waals surface area contributed by atoms with Crippen LogP contribution in [0.4, 0.5) is 11.4 Å². The molecule has 3 aromatic carbocycles. The number of fused-ring (bicyclic) bond motifs is 1. The molecule has 1 aliphatic heterocycles. The van der Waals surface area contributed by atoms with Gasteiger partial charge in [0.25, 0.3) is 15.9 Å². The Labute approximate surface area is 196 Å². The molecule has 1 heterocycles. The van der Waals surface area contributed by atoms with Crippen LogP contribution in [-0.4, -0.2) is 27.0 Å². The number of halogens is 2. The second-order valence-electron chi connectivity index (χ2n) is 7.30. The summed E-state index contributed by atoms with van der Waals surface area (Å²) in [4.78, 5) is 12.6. The van der Waals surface area contributed by atoms with Gasteiger partial charge in [-0.2, -0.15) is 0 Å². The van der Waals surface area contributed by atoms with E-state index < -0.39 is 22.0 Å². The summed E-state index contributed by atoms with van der Waals surface area (Å²) in [6.07, 6.45) is -0.155. The first kappa shape index (κ1) is 22.5. The molecule has 3 aromatic rings. The molecule has 0 fully saturated rings. The fraction of sp³-hybridized carbons (Fsp3) is 0.174. The Balaban J connectivity index is 1.44. The van der Waals surface area contributed by atoms with Crippen LogP contribution in [0.15, 0.2) is 71.6 Å². The zero-order valence-corrected chi connectivity index (χ0v) is 19.4. The summed E-state index contributed by atoms with van der Waals surface area (Å²) in [7, 11) is -3.69. The number of carbonyl (C=O) groups excluding carboxylic acids is 1. The molecule has 0 spiro atoms. The number of ether oxygens (including phenoxy) is 1. The van der Waals surface area contributed by atoms with E-state index in [4.69, 9.17) is 27.9 Å². The molecule has 1 unspecified atom stereocenters. The number of hydrogen-bond donors (Lipinski definition) is 1. The topological polar surface area (TPSA) is 75.7 Å². The van der Waals surface area contributed by atoms with E-state index in [1.807, 2.05) is 24.3 Å². The SMILES string of the molecule is CC(Oc1ccc(Cl)cc1Cl)C(=O)Nc1ccc(S(=O)(=O)N2CCc3ccccc32)cc1. The maximum Gasteiger partial charge on any atom is 0.265 e. The van der Waals surface area contributed by atoms with Gasteiger partial charge in [-0.3, -0.25) is 9.10 Å². The predicted octanol–water partition coefficient (Wildman–Crippen LogP) is 5.15. The normalized spacial score (nSPS) is 14.0. The lowest BCUT2D eigenvalue weighted by molar-refractivity contribution is -0.122. The lowest BCUT2D eigenvalue weighted by atomic mass is 10.2. The number of nitrogens with one attached hydrogen (secondary N) is 1. The van der Waals surface area contributed by atoms with Crippen molar-refractivity contribution >= 4 is 50.5 Å². The highest BCUT2D eigenvalue weighted by Gasteiger charge is 2.30. The number of para-hydroxylation sites is 1. The van der Waals surface area contributed by atoms with Crippen LogP contribution in [0.2, 0.25) is 10.0 Å². The Morgan fingerprint density at radius 1 is 1.06 bits per heavy atom. The van der Waals surface area contributed by atoms with Gasteiger partial charge in [0.1, 0.15) is 5.75 Å². The van der Waals surface area contributed by atoms with Crippen LogP contribution in [0.3, 0.4) is 0 Å². The summed E-state index contributed by atoms with van der Waals surface area (Å²) in [5.74, 6) is -0.0638. The number of nitrogens with zero attached hydrogens (tertiary/aromatic N) is 1. The average Bonchev–Trinajstić information content (AvgIpc) is 3.21. The van der Waals surface area contributed by atoms with Crippen LogP contribution in [0.1, 0.15) is 12.5 Å². The van der Waals surface area contributed by atoms with Gasteiger partial charge in [-0.1, -0.05) is 41.4 Å². The number of anilines is 2. The number of benzene rings is 3. The van der Waals surface area contributed by atoms with Crippen molar-refractivity contribution in [1.82, 2.24) is 0 Å². The largest absolute Gasteiger partial charge is 0.479 e. The second kappa shape index (κ2) is 9.02. The fourth-order valence-corrected chi connectivity index (χ4v) is 5.41. The maximum atomic E-state index is 13.1. The molecule has 4 rings (SSSR count). The van der Waals surface area contributed by atoms with E-state index >= 15 is 0 Å². The van der Waals surface area contributed by atoms with Gasteiger partial charge in [-0.15, -0.1) is 0 Å². The maximum absolute atomic E-state index is 13.1. The highest BCUT2D eigenvalue weighted by molar-refractivity contribution is 7.92. The van der Waals surface area contributed by atoms with Crippen molar-refractivity contribution in [3.8, 4) is 5.75 Å². The molecule has 1 aliphatic rings. The molecule has 1 N–H and O–H groups in total. The summed E-state index contributed by atoms with van der Waals surface area (Å²) in [5, 5.41) is 3.48. The molecule has 0 aliphatic carbocycles. The first-order valence-electron chi connectivity index (χ1n) is 9.89. The minimum absolute atomic E-state index is 0.157. The van der Waals surface area contributed by atoms with Crippen LogP contribution >= 0.6 is 23.2 Å². The Morgan fingerprint density at radius 3 is 2.50 bits per heavy atom. The van der Waals surface area contributed by atoms with Crippen molar-refractivity contribution in [3.05, 3.63) is 82.3 Å². The predicted molar refractivity (Wildman–Crippen MR) is 126 cm³/mol. The molecule has 0 saturated heterocycles. The molecular formula is C23H20Cl2N2O4S. The monoisotopic (exact) mass is 490 g/mol. The van der Waals surface area contributed by atoms with E-state index in [1.54, 1.807) is 31.2 Å². The van der Waals surface area contributed by atoms with E-state index in [0.29, 0.717) is 40.1 Å². The third-order valence-corrected chi connectivity index (χ3v) is 7.48. The molecule has 0 bridgehead atoms. The Kier molecular flexibility index (Phi) is 6.33. The summed E-state index contributed by atoms with van der Waals surface area (Å²) in [5.41, 5.74) is 2.17. The Hall–Kier alpha value is -2.74. The standard InChI is InChI=1S/C23H20Cl2N2O4S/c1-15(31-22-11-6-17(24)14-20(22)25)23(28)26-18-7-9-19(10-8-18)32(29,30)27-13-12-16-4-2-3-5-21(16)27/h2-11,14-15H,12-13H2,1H3,(H,26,28). The second-order valence-corrected chi connectivity index (χ2v) is 10.0. The highest BCUT2D eigenvalue weighted by atomic mass is 35.5. The summed E-state index contributed by atoms with van der Waals surface area (Å²) < 4.78 is 33.2. The van der Waals surface area contributed by atoms with Crippen LogP contribution in [0.25, 0.3) is 0 Å². The third kappa shape index (κ3) is 4.55. The molecule has 0 radical (unpaired) electrons. The van der Waals surface area contributed by atoms with E-state index in [9.17, 15) is 13.2 Å². The summed E-state index contributed by atoms with van der Waals surface area (Å²) in [6.45, 7) is 1.99. The van der Waals surface area contributed by atoms with Crippen molar-refractivity contribution < 1.29 is 17.9 Å². The lowest BCUT2D eigenvalue weighted by Crippen LogP contribution is -2.30. The van der Waals surface area contributed by atoms with Crippen molar-refractivity contribution in [2.75, 3.05) is 16.2 Å². The number of rotatable bonds is 6. The number of amides is 1. The molecular weight excluding hydrogens is 471 g/mol. The lowest BCUT2D eigenvalue weighted by Gasteiger charge is -2.20. The molecule has 6 nitrogen and oxygen atoms in total. The van der Waals surface area contributed by atoms with Gasteiger partial charge in [0, 0.05) is 17.3 Å². The zero-order valence-electron chi connectivity index (χ0n) is 17.1. The van der Waals surface area contributed by atoms with Gasteiger partial charge < -0.3 is 10.1 Å². The van der Waals surface area contributed by atoms with Gasteiger partial charge in [0.2, 0.25) is 0 Å². The zero-order chi connectivity index (χ0) is 22.9. The molecule has 0 saturated carbocycles. The number of sulfonamides is 1. The third-order valence-electron chi connectivity index (χ3n) is 5.12. The first-order chi connectivity index (χ1) is 15.3. The number of hydrogen-bond acceptors (Lipinski definition) is 4. The molecule has 0 aromatic heterocycles. The minimum Gasteiger partial charge on any atom is -0.479 e. The molecule has 166 valence electrons. The van der Waals surface area contributed by atoms with Crippen LogP contribution in [0.5, 0.6) is 5.75 Å².